The summed E-state index contributed by atoms with van der Waals surface area (Å²) in [7, 11) is 1.30. The summed E-state index contributed by atoms with van der Waals surface area (Å²) in [4.78, 5) is 26.9. The fourth-order valence-corrected chi connectivity index (χ4v) is 1.92. The first-order valence-electron chi connectivity index (χ1n) is 6.68. The van der Waals surface area contributed by atoms with E-state index in [-0.39, 0.29) is 5.69 Å². The number of nitrogens with zero attached hydrogens (tertiary/aromatic N) is 1. The molecule has 0 radical (unpaired) electrons. The molecule has 0 aliphatic heterocycles. The highest BCUT2D eigenvalue weighted by Crippen LogP contribution is 2.20. The quantitative estimate of drug-likeness (QED) is 0.468. The molecule has 122 valence electrons. The second-order valence-corrected chi connectivity index (χ2v) is 6.13. The van der Waals surface area contributed by atoms with Crippen LogP contribution < -0.4 is 10.6 Å². The zero-order valence-electron chi connectivity index (χ0n) is 13.0. The predicted octanol–water partition coefficient (Wildman–Crippen LogP) is 2.57. The number of esters is 1. The van der Waals surface area contributed by atoms with Crippen LogP contribution in [0.4, 0.5) is 10.5 Å². The fraction of sp³-hybridized carbons (Fsp3) is 0.500. The molecule has 8 heteroatoms. The summed E-state index contributed by atoms with van der Waals surface area (Å²) >= 11 is 3.27. The van der Waals surface area contributed by atoms with Gasteiger partial charge in [0.2, 0.25) is 0 Å². The lowest BCUT2D eigenvalue weighted by atomic mass is 10.2. The molecular weight excluding hydrogens is 354 g/mol. The molecule has 0 aromatic carbocycles. The number of carbonyl (C=O) groups excluding carboxylic acids is 2. The van der Waals surface area contributed by atoms with Crippen molar-refractivity contribution in [3.63, 3.8) is 0 Å². The number of carbonyl (C=O) groups is 2. The SMILES string of the molecule is COC(=O)c1ccc(NCCNC(=O)OC(C)(C)C)c(Br)n1. The molecule has 0 spiro atoms. The Labute approximate surface area is 137 Å². The molecule has 7 nitrogen and oxygen atoms in total. The number of hydrogen-bond donors (Lipinski definition) is 2. The molecule has 0 aliphatic carbocycles. The Morgan fingerprint density at radius 3 is 2.50 bits per heavy atom. The number of pyridine rings is 1. The van der Waals surface area contributed by atoms with Crippen LogP contribution in [0.25, 0.3) is 0 Å². The Balaban J connectivity index is 2.43. The van der Waals surface area contributed by atoms with E-state index >= 15 is 0 Å². The Hall–Kier alpha value is -1.83. The first-order chi connectivity index (χ1) is 10.2. The third kappa shape index (κ3) is 6.30. The molecule has 1 aromatic heterocycles. The molecule has 0 atom stereocenters. The smallest absolute Gasteiger partial charge is 0.407 e. The summed E-state index contributed by atoms with van der Waals surface area (Å²) in [5, 5.41) is 5.72. The monoisotopic (exact) mass is 373 g/mol. The highest BCUT2D eigenvalue weighted by atomic mass is 79.9. The van der Waals surface area contributed by atoms with E-state index in [1.165, 1.54) is 7.11 Å². The van der Waals surface area contributed by atoms with Crippen molar-refractivity contribution < 1.29 is 19.1 Å². The number of halogens is 1. The molecule has 0 aliphatic rings. The van der Waals surface area contributed by atoms with E-state index in [2.05, 4.69) is 36.3 Å². The second kappa shape index (κ2) is 7.98. The van der Waals surface area contributed by atoms with Crippen LogP contribution in [0.15, 0.2) is 16.7 Å². The van der Waals surface area contributed by atoms with Crippen LogP contribution in [0.5, 0.6) is 0 Å². The molecule has 1 aromatic rings. The molecule has 0 fully saturated rings. The van der Waals surface area contributed by atoms with E-state index < -0.39 is 17.7 Å². The standard InChI is InChI=1S/C14H20BrN3O4/c1-14(2,3)22-13(20)17-8-7-16-9-5-6-10(12(19)21-4)18-11(9)15/h5-6,16H,7-8H2,1-4H3,(H,17,20). The lowest BCUT2D eigenvalue weighted by molar-refractivity contribution is 0.0528. The zero-order chi connectivity index (χ0) is 16.8. The number of aromatic nitrogens is 1. The van der Waals surface area contributed by atoms with E-state index in [9.17, 15) is 9.59 Å². The van der Waals surface area contributed by atoms with Crippen molar-refractivity contribution in [2.24, 2.45) is 0 Å². The summed E-state index contributed by atoms with van der Waals surface area (Å²) in [6.07, 6.45) is -0.465. The van der Waals surface area contributed by atoms with Crippen molar-refractivity contribution in [2.45, 2.75) is 26.4 Å². The molecule has 0 saturated heterocycles. The van der Waals surface area contributed by atoms with E-state index in [4.69, 9.17) is 4.74 Å². The number of methoxy groups -OCH3 is 1. The average molecular weight is 374 g/mol. The van der Waals surface area contributed by atoms with Gasteiger partial charge in [0.05, 0.1) is 12.8 Å². The van der Waals surface area contributed by atoms with Gasteiger partial charge in [-0.15, -0.1) is 0 Å². The topological polar surface area (TPSA) is 89.6 Å². The minimum Gasteiger partial charge on any atom is -0.464 e. The molecule has 0 saturated carbocycles. The van der Waals surface area contributed by atoms with Crippen LogP contribution in [0.3, 0.4) is 0 Å². The van der Waals surface area contributed by atoms with Crippen LogP contribution >= 0.6 is 15.9 Å². The number of alkyl carbamates (subject to hydrolysis) is 1. The van der Waals surface area contributed by atoms with Gasteiger partial charge < -0.3 is 20.1 Å². The number of hydrogen-bond acceptors (Lipinski definition) is 6. The van der Waals surface area contributed by atoms with Gasteiger partial charge in [0.1, 0.15) is 15.9 Å². The number of rotatable bonds is 5. The molecule has 1 heterocycles. The Kier molecular flexibility index (Phi) is 6.61. The third-order valence-electron chi connectivity index (χ3n) is 2.35. The van der Waals surface area contributed by atoms with E-state index in [0.717, 1.165) is 0 Å². The van der Waals surface area contributed by atoms with Gasteiger partial charge in [-0.2, -0.15) is 0 Å². The third-order valence-corrected chi connectivity index (χ3v) is 2.96. The highest BCUT2D eigenvalue weighted by Gasteiger charge is 2.15. The summed E-state index contributed by atoms with van der Waals surface area (Å²) in [6.45, 7) is 6.28. The number of ether oxygens (including phenoxy) is 2. The van der Waals surface area contributed by atoms with Crippen molar-refractivity contribution >= 4 is 33.7 Å². The highest BCUT2D eigenvalue weighted by molar-refractivity contribution is 9.10. The summed E-state index contributed by atoms with van der Waals surface area (Å²) in [5.41, 5.74) is 0.402. The molecule has 0 unspecified atom stereocenters. The molecular formula is C14H20BrN3O4. The van der Waals surface area contributed by atoms with Gasteiger partial charge in [-0.25, -0.2) is 14.6 Å². The van der Waals surface area contributed by atoms with Crippen molar-refractivity contribution in [1.82, 2.24) is 10.3 Å². The molecule has 0 bridgehead atoms. The van der Waals surface area contributed by atoms with Crippen molar-refractivity contribution in [3.8, 4) is 0 Å². The molecule has 22 heavy (non-hydrogen) atoms. The minimum atomic E-state index is -0.520. The van der Waals surface area contributed by atoms with Crippen LogP contribution in [0, 0.1) is 0 Å². The van der Waals surface area contributed by atoms with Gasteiger partial charge >= 0.3 is 12.1 Å². The Morgan fingerprint density at radius 2 is 1.95 bits per heavy atom. The zero-order valence-corrected chi connectivity index (χ0v) is 14.6. The number of amides is 1. The van der Waals surface area contributed by atoms with Crippen molar-refractivity contribution in [1.29, 1.82) is 0 Å². The summed E-state index contributed by atoms with van der Waals surface area (Å²) in [5.74, 6) is -0.501. The minimum absolute atomic E-state index is 0.215. The number of nitrogens with one attached hydrogen (secondary N) is 2. The van der Waals surface area contributed by atoms with Gasteiger partial charge in [0.15, 0.2) is 0 Å². The lowest BCUT2D eigenvalue weighted by Crippen LogP contribution is -2.35. The van der Waals surface area contributed by atoms with Crippen LogP contribution in [0.1, 0.15) is 31.3 Å². The van der Waals surface area contributed by atoms with E-state index in [1.54, 1.807) is 32.9 Å². The maximum absolute atomic E-state index is 11.5. The van der Waals surface area contributed by atoms with Crippen molar-refractivity contribution in [2.75, 3.05) is 25.5 Å². The van der Waals surface area contributed by atoms with Crippen LogP contribution in [-0.2, 0) is 9.47 Å². The second-order valence-electron chi connectivity index (χ2n) is 5.38. The van der Waals surface area contributed by atoms with Gasteiger partial charge in [-0.05, 0) is 48.8 Å². The summed E-state index contributed by atoms with van der Waals surface area (Å²) < 4.78 is 10.2. The molecule has 1 amide bonds. The van der Waals surface area contributed by atoms with Crippen LogP contribution in [-0.4, -0.2) is 42.8 Å². The first-order valence-corrected chi connectivity index (χ1v) is 7.48. The lowest BCUT2D eigenvalue weighted by Gasteiger charge is -2.19. The van der Waals surface area contributed by atoms with Crippen LogP contribution in [0.2, 0.25) is 0 Å². The van der Waals surface area contributed by atoms with E-state index in [1.807, 2.05) is 0 Å². The maximum Gasteiger partial charge on any atom is 0.407 e. The van der Waals surface area contributed by atoms with Gasteiger partial charge in [-0.3, -0.25) is 0 Å². The Bertz CT molecular complexity index is 543. The predicted molar refractivity (Wildman–Crippen MR) is 86.0 cm³/mol. The number of anilines is 1. The molecule has 2 N–H and O–H groups in total. The first kappa shape index (κ1) is 18.2. The maximum atomic E-state index is 11.5. The average Bonchev–Trinajstić information content (AvgIpc) is 2.42. The van der Waals surface area contributed by atoms with Gasteiger partial charge in [-0.1, -0.05) is 0 Å². The fourth-order valence-electron chi connectivity index (χ4n) is 1.46. The normalized spacial score (nSPS) is 10.8. The largest absolute Gasteiger partial charge is 0.464 e. The Morgan fingerprint density at radius 1 is 1.27 bits per heavy atom. The molecule has 1 rings (SSSR count). The van der Waals surface area contributed by atoms with Gasteiger partial charge in [0.25, 0.3) is 0 Å². The van der Waals surface area contributed by atoms with E-state index in [0.29, 0.717) is 23.4 Å². The van der Waals surface area contributed by atoms with Gasteiger partial charge in [0, 0.05) is 13.1 Å². The summed E-state index contributed by atoms with van der Waals surface area (Å²) in [6, 6.07) is 3.26. The van der Waals surface area contributed by atoms with Crippen molar-refractivity contribution in [3.05, 3.63) is 22.4 Å².